The third-order valence-electron chi connectivity index (χ3n) is 4.36. The average molecular weight is 314 g/mol. The molecule has 0 amide bonds. The number of thiazole rings is 1. The number of rotatable bonds is 3. The fraction of sp³-hybridized carbons (Fsp3) is 0.529. The van der Waals surface area contributed by atoms with Crippen molar-refractivity contribution in [3.8, 4) is 6.07 Å². The van der Waals surface area contributed by atoms with E-state index >= 15 is 0 Å². The molecule has 0 aliphatic carbocycles. The van der Waals surface area contributed by atoms with E-state index in [1.807, 2.05) is 18.2 Å². The van der Waals surface area contributed by atoms with Crippen molar-refractivity contribution >= 4 is 26.7 Å². The van der Waals surface area contributed by atoms with E-state index in [-0.39, 0.29) is 11.6 Å². The van der Waals surface area contributed by atoms with Crippen molar-refractivity contribution in [1.82, 2.24) is 9.88 Å². The Kier molecular flexibility index (Phi) is 4.07. The summed E-state index contributed by atoms with van der Waals surface area (Å²) in [7, 11) is 0. The largest absolute Gasteiger partial charge is 0.346 e. The molecule has 1 saturated heterocycles. The van der Waals surface area contributed by atoms with Gasteiger partial charge in [0.25, 0.3) is 0 Å². The van der Waals surface area contributed by atoms with Crippen LogP contribution in [0.2, 0.25) is 0 Å². The second-order valence-corrected chi connectivity index (χ2v) is 7.93. The van der Waals surface area contributed by atoms with Crippen LogP contribution in [0.5, 0.6) is 0 Å². The van der Waals surface area contributed by atoms with Gasteiger partial charge >= 0.3 is 0 Å². The highest BCUT2D eigenvalue weighted by atomic mass is 32.1. The minimum atomic E-state index is -0.173. The van der Waals surface area contributed by atoms with Crippen molar-refractivity contribution in [3.05, 3.63) is 24.3 Å². The Bertz CT molecular complexity index is 661. The lowest BCUT2D eigenvalue weighted by molar-refractivity contribution is 0.168. The first-order valence-electron chi connectivity index (χ1n) is 7.74. The summed E-state index contributed by atoms with van der Waals surface area (Å²) in [6.45, 7) is 8.74. The fourth-order valence-electron chi connectivity index (χ4n) is 2.99. The predicted octanol–water partition coefficient (Wildman–Crippen LogP) is 3.72. The van der Waals surface area contributed by atoms with Crippen LogP contribution in [0.25, 0.3) is 10.2 Å². The van der Waals surface area contributed by atoms with Crippen molar-refractivity contribution < 1.29 is 0 Å². The maximum atomic E-state index is 9.56. The molecule has 1 fully saturated rings. The standard InChI is InChI=1S/C17H22N4S/c1-17(2,3)21-9-8-12(11-21)14(10-18)20-16-19-13-6-4-5-7-15(13)22-16/h4-7,12,14H,8-9,11H2,1-3H3,(H,19,20). The van der Waals surface area contributed by atoms with Gasteiger partial charge in [-0.2, -0.15) is 5.26 Å². The van der Waals surface area contributed by atoms with Gasteiger partial charge in [0, 0.05) is 18.0 Å². The SMILES string of the molecule is CC(C)(C)N1CCC(C(C#N)Nc2nc3ccccc3s2)C1. The molecule has 2 atom stereocenters. The van der Waals surface area contributed by atoms with E-state index in [0.717, 1.165) is 34.9 Å². The quantitative estimate of drug-likeness (QED) is 0.938. The van der Waals surface area contributed by atoms with E-state index < -0.39 is 0 Å². The molecule has 2 aromatic rings. The van der Waals surface area contributed by atoms with Gasteiger partial charge in [0.05, 0.1) is 16.3 Å². The summed E-state index contributed by atoms with van der Waals surface area (Å²) in [5.74, 6) is 0.358. The van der Waals surface area contributed by atoms with Gasteiger partial charge in [-0.3, -0.25) is 4.90 Å². The number of anilines is 1. The highest BCUT2D eigenvalue weighted by Gasteiger charge is 2.34. The number of aromatic nitrogens is 1. The van der Waals surface area contributed by atoms with Crippen LogP contribution in [0.15, 0.2) is 24.3 Å². The molecule has 1 N–H and O–H groups in total. The van der Waals surface area contributed by atoms with Gasteiger partial charge in [0.1, 0.15) is 6.04 Å². The zero-order chi connectivity index (χ0) is 15.7. The third-order valence-corrected chi connectivity index (χ3v) is 5.32. The summed E-state index contributed by atoms with van der Waals surface area (Å²) < 4.78 is 1.16. The molecule has 0 radical (unpaired) electrons. The van der Waals surface area contributed by atoms with Crippen molar-refractivity contribution in [2.24, 2.45) is 5.92 Å². The van der Waals surface area contributed by atoms with Crippen molar-refractivity contribution in [2.45, 2.75) is 38.8 Å². The van der Waals surface area contributed by atoms with Gasteiger partial charge in [-0.15, -0.1) is 0 Å². The van der Waals surface area contributed by atoms with Gasteiger partial charge in [0.15, 0.2) is 5.13 Å². The highest BCUT2D eigenvalue weighted by molar-refractivity contribution is 7.22. The molecule has 3 rings (SSSR count). The normalized spacial score (nSPS) is 20.9. The summed E-state index contributed by atoms with van der Waals surface area (Å²) in [5.41, 5.74) is 1.17. The Morgan fingerprint density at radius 3 is 2.82 bits per heavy atom. The Morgan fingerprint density at radius 2 is 2.18 bits per heavy atom. The lowest BCUT2D eigenvalue weighted by atomic mass is 10.00. The van der Waals surface area contributed by atoms with Crippen LogP contribution in [0.1, 0.15) is 27.2 Å². The molecule has 1 aliphatic heterocycles. The molecule has 0 saturated carbocycles. The zero-order valence-corrected chi connectivity index (χ0v) is 14.2. The number of nitriles is 1. The molecule has 4 nitrogen and oxygen atoms in total. The average Bonchev–Trinajstić information content (AvgIpc) is 3.10. The summed E-state index contributed by atoms with van der Waals surface area (Å²) in [5, 5.41) is 13.8. The Labute approximate surface area is 135 Å². The second-order valence-electron chi connectivity index (χ2n) is 6.90. The lowest BCUT2D eigenvalue weighted by Gasteiger charge is -2.32. The molecule has 1 aromatic heterocycles. The predicted molar refractivity (Wildman–Crippen MR) is 92.1 cm³/mol. The van der Waals surface area contributed by atoms with E-state index in [9.17, 15) is 5.26 Å². The minimum Gasteiger partial charge on any atom is -0.346 e. The number of para-hydroxylation sites is 1. The summed E-state index contributed by atoms with van der Waals surface area (Å²) in [6, 6.07) is 10.3. The van der Waals surface area contributed by atoms with Gasteiger partial charge in [-0.1, -0.05) is 23.5 Å². The maximum absolute atomic E-state index is 9.56. The van der Waals surface area contributed by atoms with E-state index in [1.165, 1.54) is 0 Å². The molecule has 0 bridgehead atoms. The molecule has 22 heavy (non-hydrogen) atoms. The van der Waals surface area contributed by atoms with Crippen LogP contribution in [0, 0.1) is 17.2 Å². The topological polar surface area (TPSA) is 52.0 Å². The van der Waals surface area contributed by atoms with Crippen LogP contribution in [-0.4, -0.2) is 34.6 Å². The molecule has 2 heterocycles. The van der Waals surface area contributed by atoms with Gasteiger partial charge in [-0.05, 0) is 45.9 Å². The number of nitrogens with one attached hydrogen (secondary N) is 1. The van der Waals surface area contributed by atoms with E-state index in [0.29, 0.717) is 5.92 Å². The lowest BCUT2D eigenvalue weighted by Crippen LogP contribution is -2.40. The van der Waals surface area contributed by atoms with Crippen molar-refractivity contribution in [1.29, 1.82) is 5.26 Å². The smallest absolute Gasteiger partial charge is 0.184 e. The van der Waals surface area contributed by atoms with Gasteiger partial charge in [-0.25, -0.2) is 4.98 Å². The first-order valence-corrected chi connectivity index (χ1v) is 8.56. The first kappa shape index (κ1) is 15.3. The maximum Gasteiger partial charge on any atom is 0.184 e. The molecule has 5 heteroatoms. The zero-order valence-electron chi connectivity index (χ0n) is 13.3. The summed E-state index contributed by atoms with van der Waals surface area (Å²) >= 11 is 1.62. The van der Waals surface area contributed by atoms with Crippen LogP contribution in [0.4, 0.5) is 5.13 Å². The molecule has 0 spiro atoms. The van der Waals surface area contributed by atoms with Crippen LogP contribution >= 0.6 is 11.3 Å². The van der Waals surface area contributed by atoms with E-state index in [1.54, 1.807) is 11.3 Å². The van der Waals surface area contributed by atoms with Gasteiger partial charge < -0.3 is 5.32 Å². The van der Waals surface area contributed by atoms with E-state index in [2.05, 4.69) is 48.1 Å². The van der Waals surface area contributed by atoms with Crippen LogP contribution in [0.3, 0.4) is 0 Å². The van der Waals surface area contributed by atoms with Crippen molar-refractivity contribution in [2.75, 3.05) is 18.4 Å². The van der Waals surface area contributed by atoms with Crippen molar-refractivity contribution in [3.63, 3.8) is 0 Å². The first-order chi connectivity index (χ1) is 10.5. The minimum absolute atomic E-state index is 0.171. The molecular formula is C17H22N4S. The van der Waals surface area contributed by atoms with Crippen LogP contribution < -0.4 is 5.32 Å². The van der Waals surface area contributed by atoms with Crippen LogP contribution in [-0.2, 0) is 0 Å². The van der Waals surface area contributed by atoms with Gasteiger partial charge in [0.2, 0.25) is 0 Å². The monoisotopic (exact) mass is 314 g/mol. The Hall–Kier alpha value is -1.64. The summed E-state index contributed by atoms with van der Waals surface area (Å²) in [6.07, 6.45) is 1.06. The Morgan fingerprint density at radius 1 is 1.41 bits per heavy atom. The van der Waals surface area contributed by atoms with E-state index in [4.69, 9.17) is 0 Å². The second kappa shape index (κ2) is 5.86. The Balaban J connectivity index is 1.71. The summed E-state index contributed by atoms with van der Waals surface area (Å²) in [4.78, 5) is 7.04. The number of fused-ring (bicyclic) bond motifs is 1. The highest BCUT2D eigenvalue weighted by Crippen LogP contribution is 2.30. The fourth-order valence-corrected chi connectivity index (χ4v) is 3.89. The number of hydrogen-bond acceptors (Lipinski definition) is 5. The number of hydrogen-bond donors (Lipinski definition) is 1. The number of nitrogens with zero attached hydrogens (tertiary/aromatic N) is 3. The number of benzene rings is 1. The molecule has 1 aromatic carbocycles. The molecular weight excluding hydrogens is 292 g/mol. The molecule has 2 unspecified atom stereocenters. The molecule has 1 aliphatic rings. The molecule has 116 valence electrons. The number of likely N-dealkylation sites (tertiary alicyclic amines) is 1. The third kappa shape index (κ3) is 3.08.